The van der Waals surface area contributed by atoms with Crippen molar-refractivity contribution in [3.05, 3.63) is 35.9 Å². The van der Waals surface area contributed by atoms with Crippen LogP contribution in [0.1, 0.15) is 72.8 Å². The Labute approximate surface area is 335 Å². The van der Waals surface area contributed by atoms with E-state index in [0.717, 1.165) is 21.8 Å². The molecule has 17 heteroatoms. The fourth-order valence-corrected chi connectivity index (χ4v) is 6.80. The molecule has 7 atom stereocenters. The Morgan fingerprint density at radius 1 is 0.737 bits per heavy atom. The molecule has 0 saturated carbocycles. The summed E-state index contributed by atoms with van der Waals surface area (Å²) >= 11 is 0. The zero-order valence-electron chi connectivity index (χ0n) is 34.9. The molecule has 0 bridgehead atoms. The van der Waals surface area contributed by atoms with Crippen molar-refractivity contribution in [1.29, 1.82) is 0 Å². The maximum Gasteiger partial charge on any atom is 0.278 e. The van der Waals surface area contributed by atoms with E-state index in [2.05, 4.69) is 15.6 Å². The first-order valence-corrected chi connectivity index (χ1v) is 19.5. The fourth-order valence-electron chi connectivity index (χ4n) is 6.80. The summed E-state index contributed by atoms with van der Waals surface area (Å²) < 4.78 is 0. The third-order valence-corrected chi connectivity index (χ3v) is 10.8. The summed E-state index contributed by atoms with van der Waals surface area (Å²) in [5, 5.41) is 15.8. The van der Waals surface area contributed by atoms with Crippen molar-refractivity contribution in [1.82, 2.24) is 35.1 Å². The van der Waals surface area contributed by atoms with Crippen LogP contribution in [0.3, 0.4) is 0 Å². The second kappa shape index (κ2) is 20.3. The maximum atomic E-state index is 14.5. The summed E-state index contributed by atoms with van der Waals surface area (Å²) in [6.45, 7) is 9.76. The maximum absolute atomic E-state index is 14.5. The Morgan fingerprint density at radius 2 is 1.30 bits per heavy atom. The van der Waals surface area contributed by atoms with Gasteiger partial charge in [-0.1, -0.05) is 44.2 Å². The second-order valence-corrected chi connectivity index (χ2v) is 15.6. The second-order valence-electron chi connectivity index (χ2n) is 15.6. The van der Waals surface area contributed by atoms with Gasteiger partial charge in [-0.25, -0.2) is 4.99 Å². The highest BCUT2D eigenvalue weighted by Crippen LogP contribution is 2.19. The van der Waals surface area contributed by atoms with Crippen LogP contribution in [-0.2, 0) is 44.8 Å². The third kappa shape index (κ3) is 11.5. The number of nitrogens with one attached hydrogen (secondary N) is 2. The highest BCUT2D eigenvalue weighted by molar-refractivity contribution is 6.66. The highest BCUT2D eigenvalue weighted by atomic mass is 16.3. The molecule has 3 N–H and O–H groups in total. The van der Waals surface area contributed by atoms with Gasteiger partial charge in [0.2, 0.25) is 29.5 Å². The number of nitrogens with zero attached hydrogens (tertiary/aromatic N) is 6. The molecule has 1 aromatic rings. The molecule has 2 aliphatic rings. The third-order valence-electron chi connectivity index (χ3n) is 10.8. The van der Waals surface area contributed by atoms with Crippen molar-refractivity contribution in [2.24, 2.45) is 10.9 Å². The van der Waals surface area contributed by atoms with Gasteiger partial charge in [-0.3, -0.25) is 38.4 Å². The van der Waals surface area contributed by atoms with Gasteiger partial charge in [0.15, 0.2) is 5.71 Å². The van der Waals surface area contributed by atoms with E-state index in [9.17, 15) is 43.5 Å². The van der Waals surface area contributed by atoms with E-state index < -0.39 is 95.3 Å². The lowest BCUT2D eigenvalue weighted by Gasteiger charge is -2.38. The van der Waals surface area contributed by atoms with Crippen molar-refractivity contribution < 1.29 is 43.5 Å². The summed E-state index contributed by atoms with van der Waals surface area (Å²) in [4.78, 5) is 121. The largest absolute Gasteiger partial charge is 0.391 e. The summed E-state index contributed by atoms with van der Waals surface area (Å²) in [5.41, 5.74) is -0.0652. The average Bonchev–Trinajstić information content (AvgIpc) is 3.19. The number of piperidine rings is 1. The SMILES string of the molecule is CC(C)CC1C(=O)N[C@@H]([C@@H](C)O)C(=O)N(C)C(C)C(=O)N=C(C(=O)N2CCCCC2)C(=O)NC(C)C(=O)N(C)[C@@H](C)C(=O)N(C)[C@@H](Cc2ccccc2)C(=O)N1C. The predicted molar refractivity (Wildman–Crippen MR) is 211 cm³/mol. The smallest absolute Gasteiger partial charge is 0.278 e. The number of hydrogen-bond acceptors (Lipinski definition) is 9. The van der Waals surface area contributed by atoms with E-state index in [1.54, 1.807) is 30.3 Å². The average molecular weight is 797 g/mol. The minimum absolute atomic E-state index is 0.0533. The fraction of sp³-hybridized carbons (Fsp3) is 0.625. The van der Waals surface area contributed by atoms with Crippen molar-refractivity contribution in [2.75, 3.05) is 41.3 Å². The van der Waals surface area contributed by atoms with Gasteiger partial charge in [-0.2, -0.15) is 0 Å². The number of aliphatic hydroxyl groups is 1. The molecule has 314 valence electrons. The Bertz CT molecular complexity index is 1690. The molecule has 57 heavy (non-hydrogen) atoms. The topological polar surface area (TPSA) is 209 Å². The van der Waals surface area contributed by atoms with Gasteiger partial charge < -0.3 is 40.2 Å². The number of aliphatic imine (C=N–C) groups is 1. The van der Waals surface area contributed by atoms with Crippen molar-refractivity contribution in [3.8, 4) is 0 Å². The number of rotatable bonds is 6. The quantitative estimate of drug-likeness (QED) is 0.353. The van der Waals surface area contributed by atoms with Gasteiger partial charge in [0.05, 0.1) is 6.10 Å². The summed E-state index contributed by atoms with van der Waals surface area (Å²) in [6.07, 6.45) is 0.931. The lowest BCUT2D eigenvalue weighted by atomic mass is 9.98. The summed E-state index contributed by atoms with van der Waals surface area (Å²) in [5.74, 6) is -6.69. The van der Waals surface area contributed by atoms with E-state index in [1.165, 1.54) is 70.6 Å². The predicted octanol–water partition coefficient (Wildman–Crippen LogP) is -0.0130. The van der Waals surface area contributed by atoms with Crippen molar-refractivity contribution >= 4 is 53.0 Å². The number of likely N-dealkylation sites (tertiary alicyclic amines) is 1. The zero-order valence-corrected chi connectivity index (χ0v) is 34.9. The number of likely N-dealkylation sites (N-methyl/N-ethyl adjacent to an activating group) is 4. The summed E-state index contributed by atoms with van der Waals surface area (Å²) in [6, 6.07) is 1.22. The first-order chi connectivity index (χ1) is 26.7. The molecule has 2 aliphatic heterocycles. The molecule has 0 spiro atoms. The Hall–Kier alpha value is -5.19. The van der Waals surface area contributed by atoms with Crippen LogP contribution in [-0.4, -0.2) is 166 Å². The zero-order chi connectivity index (χ0) is 42.9. The van der Waals surface area contributed by atoms with Gasteiger partial charge in [0.1, 0.15) is 36.3 Å². The molecule has 0 radical (unpaired) electrons. The van der Waals surface area contributed by atoms with E-state index in [0.29, 0.717) is 25.9 Å². The first-order valence-electron chi connectivity index (χ1n) is 19.5. The molecule has 1 aromatic carbocycles. The van der Waals surface area contributed by atoms with Gasteiger partial charge in [0.25, 0.3) is 17.7 Å². The Balaban J connectivity index is 2.19. The molecule has 17 nitrogen and oxygen atoms in total. The van der Waals surface area contributed by atoms with Gasteiger partial charge in [-0.15, -0.1) is 0 Å². The van der Waals surface area contributed by atoms with Crippen molar-refractivity contribution in [3.63, 3.8) is 0 Å². The number of carbonyl (C=O) groups is 8. The number of hydrogen-bond donors (Lipinski definition) is 3. The standard InChI is InChI=1S/C40H60N8O9/c1-23(2)21-29-34(51)42-31(27(6)49)39(56)44(7)25(4)33(50)43-32(40(57)48-19-15-12-16-20-48)35(52)41-24(3)36(53)45(8)26(5)37(54)47(10)30(38(55)46(29)9)22-28-17-13-11-14-18-28/h11,13-14,17-18,23-27,29-31,49H,12,15-16,19-22H2,1-10H3,(H,41,52)(H,42,51)/t24?,25?,26-,27+,29?,30-,31-/m0/s1. The van der Waals surface area contributed by atoms with Crippen molar-refractivity contribution in [2.45, 2.75) is 116 Å². The van der Waals surface area contributed by atoms with Crippen LogP contribution in [0.25, 0.3) is 0 Å². The Kier molecular flexibility index (Phi) is 16.4. The molecular weight excluding hydrogens is 736 g/mol. The summed E-state index contributed by atoms with van der Waals surface area (Å²) in [7, 11) is 5.48. The molecule has 8 amide bonds. The van der Waals surface area contributed by atoms with Crippen LogP contribution in [0.5, 0.6) is 0 Å². The molecule has 0 aromatic heterocycles. The molecule has 1 fully saturated rings. The van der Waals surface area contributed by atoms with E-state index in [-0.39, 0.29) is 18.8 Å². The van der Waals surface area contributed by atoms with Crippen LogP contribution >= 0.6 is 0 Å². The van der Waals surface area contributed by atoms with E-state index >= 15 is 0 Å². The lowest BCUT2D eigenvalue weighted by Crippen LogP contribution is -2.61. The molecule has 3 unspecified atom stereocenters. The first kappa shape index (κ1) is 46.2. The molecule has 3 rings (SSSR count). The van der Waals surface area contributed by atoms with Crippen LogP contribution in [0.2, 0.25) is 0 Å². The normalized spacial score (nSPS) is 26.6. The minimum Gasteiger partial charge on any atom is -0.391 e. The van der Waals surface area contributed by atoms with Gasteiger partial charge in [0, 0.05) is 47.7 Å². The van der Waals surface area contributed by atoms with E-state index in [4.69, 9.17) is 0 Å². The molecular formula is C40H60N8O9. The van der Waals surface area contributed by atoms with Gasteiger partial charge >= 0.3 is 0 Å². The molecule has 0 aliphatic carbocycles. The van der Waals surface area contributed by atoms with Crippen LogP contribution in [0.4, 0.5) is 0 Å². The van der Waals surface area contributed by atoms with Gasteiger partial charge in [-0.05, 0) is 64.9 Å². The number of carbonyl (C=O) groups excluding carboxylic acids is 8. The Morgan fingerprint density at radius 3 is 1.86 bits per heavy atom. The lowest BCUT2D eigenvalue weighted by molar-refractivity contribution is -0.152. The molecule has 2 heterocycles. The minimum atomic E-state index is -1.58. The number of amides is 8. The molecule has 1 saturated heterocycles. The highest BCUT2D eigenvalue weighted by Gasteiger charge is 2.41. The number of aliphatic hydroxyl groups excluding tert-OH is 1. The van der Waals surface area contributed by atoms with Crippen LogP contribution in [0, 0.1) is 5.92 Å². The van der Waals surface area contributed by atoms with Crippen LogP contribution in [0.15, 0.2) is 35.3 Å². The van der Waals surface area contributed by atoms with Crippen LogP contribution < -0.4 is 10.6 Å². The monoisotopic (exact) mass is 796 g/mol. The number of benzene rings is 1. The van der Waals surface area contributed by atoms with E-state index in [1.807, 2.05) is 13.8 Å².